The highest BCUT2D eigenvalue weighted by atomic mass is 19.1. The molecule has 5 rings (SSSR count). The quantitative estimate of drug-likeness (QED) is 0.393. The number of benzene rings is 2. The van der Waals surface area contributed by atoms with Crippen LogP contribution in [0.5, 0.6) is 0 Å². The first-order valence-corrected chi connectivity index (χ1v) is 9.96. The number of aromatic nitrogens is 4. The van der Waals surface area contributed by atoms with Gasteiger partial charge in [0.2, 0.25) is 11.9 Å². The minimum atomic E-state index is -0.340. The maximum Gasteiger partial charge on any atom is 0.229 e. The van der Waals surface area contributed by atoms with E-state index in [0.29, 0.717) is 34.4 Å². The van der Waals surface area contributed by atoms with Gasteiger partial charge in [-0.1, -0.05) is 32.4 Å². The lowest BCUT2D eigenvalue weighted by Crippen LogP contribution is -2.10. The van der Waals surface area contributed by atoms with Crippen LogP contribution in [0.1, 0.15) is 39.2 Å². The Morgan fingerprint density at radius 1 is 0.903 bits per heavy atom. The van der Waals surface area contributed by atoms with Crippen molar-refractivity contribution in [2.24, 2.45) is 0 Å². The number of fused-ring (bicyclic) bond motifs is 1. The number of nitrogens with zero attached hydrogens (tertiary/aromatic N) is 4. The van der Waals surface area contributed by atoms with Crippen LogP contribution in [0, 0.1) is 11.6 Å². The topological polar surface area (TPSA) is 67.7 Å². The van der Waals surface area contributed by atoms with Crippen LogP contribution < -0.4 is 10.6 Å². The van der Waals surface area contributed by atoms with Crippen molar-refractivity contribution in [3.63, 3.8) is 0 Å². The van der Waals surface area contributed by atoms with Crippen molar-refractivity contribution in [1.82, 2.24) is 19.5 Å². The molecule has 2 aromatic heterocycles. The number of para-hydroxylation sites is 1. The molecule has 1 saturated carbocycles. The number of hydrogen-bond donors (Lipinski definition) is 2. The summed E-state index contributed by atoms with van der Waals surface area (Å²) >= 11 is 0. The number of rotatable bonds is 5. The molecule has 0 saturated heterocycles. The lowest BCUT2D eigenvalue weighted by Gasteiger charge is -2.17. The number of anilines is 4. The molecule has 1 aliphatic rings. The molecule has 31 heavy (non-hydrogen) atoms. The minimum absolute atomic E-state index is 0. The van der Waals surface area contributed by atoms with Crippen LogP contribution in [0.25, 0.3) is 11.2 Å². The maximum atomic E-state index is 14.2. The lowest BCUT2D eigenvalue weighted by molar-refractivity contribution is 0.535. The Hall–Kier alpha value is -3.55. The summed E-state index contributed by atoms with van der Waals surface area (Å²) in [7, 11) is 0. The van der Waals surface area contributed by atoms with E-state index in [9.17, 15) is 8.78 Å². The molecular formula is C23H24F2N6. The van der Waals surface area contributed by atoms with Crippen molar-refractivity contribution >= 4 is 34.4 Å². The van der Waals surface area contributed by atoms with Gasteiger partial charge in [-0.15, -0.1) is 0 Å². The Morgan fingerprint density at radius 2 is 1.65 bits per heavy atom. The Bertz CT molecular complexity index is 1180. The van der Waals surface area contributed by atoms with Crippen LogP contribution in [0.15, 0.2) is 54.7 Å². The van der Waals surface area contributed by atoms with Gasteiger partial charge in [-0.05, 0) is 49.2 Å². The van der Waals surface area contributed by atoms with Crippen molar-refractivity contribution in [2.75, 3.05) is 10.6 Å². The van der Waals surface area contributed by atoms with E-state index in [-0.39, 0.29) is 25.1 Å². The summed E-state index contributed by atoms with van der Waals surface area (Å²) in [6, 6.07) is 12.8. The standard InChI is InChI=1S/C22H20F2N6.CH4/c23-14-9-11-15(12-10-14)26-21-25-13-19-20(29-21)30(16-5-1-2-6-16)22(28-19)27-18-8-4-3-7-17(18)24;/h3-4,7-13,16H,1-2,5-6H2,(H,27,28)(H,25,26,29);1H4. The van der Waals surface area contributed by atoms with Crippen LogP contribution in [-0.2, 0) is 0 Å². The fourth-order valence-corrected chi connectivity index (χ4v) is 3.89. The monoisotopic (exact) mass is 422 g/mol. The molecule has 2 heterocycles. The second kappa shape index (κ2) is 8.67. The third kappa shape index (κ3) is 4.19. The SMILES string of the molecule is C.Fc1ccc(Nc2ncc3nc(Nc4ccccc4F)n(C4CCCC4)c3n2)cc1. The number of nitrogens with one attached hydrogen (secondary N) is 2. The molecule has 2 N–H and O–H groups in total. The summed E-state index contributed by atoms with van der Waals surface area (Å²) < 4.78 is 29.4. The molecule has 0 atom stereocenters. The van der Waals surface area contributed by atoms with Gasteiger partial charge in [-0.2, -0.15) is 4.98 Å². The average molecular weight is 422 g/mol. The second-order valence-corrected chi connectivity index (χ2v) is 7.38. The van der Waals surface area contributed by atoms with Gasteiger partial charge in [0, 0.05) is 11.7 Å². The molecule has 1 aliphatic carbocycles. The molecule has 6 nitrogen and oxygen atoms in total. The lowest BCUT2D eigenvalue weighted by atomic mass is 10.2. The van der Waals surface area contributed by atoms with Crippen molar-refractivity contribution in [2.45, 2.75) is 39.2 Å². The second-order valence-electron chi connectivity index (χ2n) is 7.38. The minimum Gasteiger partial charge on any atom is -0.324 e. The first kappa shape index (κ1) is 20.7. The predicted molar refractivity (Wildman–Crippen MR) is 119 cm³/mol. The number of imidazole rings is 1. The van der Waals surface area contributed by atoms with Crippen LogP contribution in [0.3, 0.4) is 0 Å². The molecule has 4 aromatic rings. The first-order valence-electron chi connectivity index (χ1n) is 9.96. The van der Waals surface area contributed by atoms with Crippen molar-refractivity contribution in [3.8, 4) is 0 Å². The first-order chi connectivity index (χ1) is 14.7. The highest BCUT2D eigenvalue weighted by Gasteiger charge is 2.24. The van der Waals surface area contributed by atoms with Gasteiger partial charge in [0.05, 0.1) is 11.9 Å². The summed E-state index contributed by atoms with van der Waals surface area (Å²) in [4.78, 5) is 13.6. The summed E-state index contributed by atoms with van der Waals surface area (Å²) in [5.74, 6) is 0.299. The van der Waals surface area contributed by atoms with Crippen molar-refractivity contribution < 1.29 is 8.78 Å². The van der Waals surface area contributed by atoms with Gasteiger partial charge in [-0.3, -0.25) is 4.57 Å². The summed E-state index contributed by atoms with van der Waals surface area (Å²) in [6.45, 7) is 0. The van der Waals surface area contributed by atoms with Crippen LogP contribution in [-0.4, -0.2) is 19.5 Å². The fourth-order valence-electron chi connectivity index (χ4n) is 3.89. The van der Waals surface area contributed by atoms with E-state index in [0.717, 1.165) is 25.7 Å². The number of halogens is 2. The van der Waals surface area contributed by atoms with Crippen molar-refractivity contribution in [1.29, 1.82) is 0 Å². The van der Waals surface area contributed by atoms with Gasteiger partial charge < -0.3 is 10.6 Å². The summed E-state index contributed by atoms with van der Waals surface area (Å²) in [6.07, 6.45) is 5.95. The largest absolute Gasteiger partial charge is 0.324 e. The van der Waals surface area contributed by atoms with Gasteiger partial charge in [0.25, 0.3) is 0 Å². The van der Waals surface area contributed by atoms with Gasteiger partial charge in [0.1, 0.15) is 17.2 Å². The van der Waals surface area contributed by atoms with E-state index in [2.05, 4.69) is 25.6 Å². The van der Waals surface area contributed by atoms with Crippen LogP contribution in [0.4, 0.5) is 32.1 Å². The highest BCUT2D eigenvalue weighted by molar-refractivity contribution is 5.77. The summed E-state index contributed by atoms with van der Waals surface area (Å²) in [5.41, 5.74) is 2.36. The van der Waals surface area contributed by atoms with E-state index in [4.69, 9.17) is 0 Å². The van der Waals surface area contributed by atoms with Crippen LogP contribution in [0.2, 0.25) is 0 Å². The van der Waals surface area contributed by atoms with E-state index in [1.807, 2.05) is 4.57 Å². The Kier molecular flexibility index (Phi) is 5.79. The van der Waals surface area contributed by atoms with Crippen LogP contribution >= 0.6 is 0 Å². The van der Waals surface area contributed by atoms with E-state index < -0.39 is 0 Å². The highest BCUT2D eigenvalue weighted by Crippen LogP contribution is 2.36. The van der Waals surface area contributed by atoms with E-state index >= 15 is 0 Å². The third-order valence-electron chi connectivity index (χ3n) is 5.34. The number of hydrogen-bond acceptors (Lipinski definition) is 5. The normalized spacial score (nSPS) is 13.9. The Morgan fingerprint density at radius 3 is 2.39 bits per heavy atom. The molecule has 160 valence electrons. The molecule has 1 fully saturated rings. The van der Waals surface area contributed by atoms with Gasteiger partial charge in [0.15, 0.2) is 5.65 Å². The molecule has 0 amide bonds. The molecule has 0 bridgehead atoms. The molecule has 2 aromatic carbocycles. The Labute approximate surface area is 179 Å². The molecule has 0 aliphatic heterocycles. The zero-order valence-electron chi connectivity index (χ0n) is 16.1. The van der Waals surface area contributed by atoms with Gasteiger partial charge >= 0.3 is 0 Å². The Balaban J connectivity index is 0.00000231. The fraction of sp³-hybridized carbons (Fsp3) is 0.261. The molecule has 0 spiro atoms. The van der Waals surface area contributed by atoms with Gasteiger partial charge in [-0.25, -0.2) is 18.7 Å². The summed E-state index contributed by atoms with van der Waals surface area (Å²) in [5, 5.41) is 6.23. The molecule has 0 unspecified atom stereocenters. The molecule has 0 radical (unpaired) electrons. The zero-order chi connectivity index (χ0) is 20.5. The van der Waals surface area contributed by atoms with Crippen molar-refractivity contribution in [3.05, 3.63) is 66.4 Å². The smallest absolute Gasteiger partial charge is 0.229 e. The van der Waals surface area contributed by atoms with E-state index in [1.165, 1.54) is 18.2 Å². The third-order valence-corrected chi connectivity index (χ3v) is 5.34. The average Bonchev–Trinajstić information content (AvgIpc) is 3.38. The zero-order valence-corrected chi connectivity index (χ0v) is 16.1. The van der Waals surface area contributed by atoms with E-state index in [1.54, 1.807) is 36.5 Å². The predicted octanol–water partition coefficient (Wildman–Crippen LogP) is 6.34. The molecular weight excluding hydrogens is 398 g/mol. The maximum absolute atomic E-state index is 14.2. The molecule has 8 heteroatoms.